The van der Waals surface area contributed by atoms with Gasteiger partial charge in [-0.25, -0.2) is 4.98 Å². The summed E-state index contributed by atoms with van der Waals surface area (Å²) in [5, 5.41) is 3.29. The summed E-state index contributed by atoms with van der Waals surface area (Å²) in [6.45, 7) is 0. The molecule has 1 amide bonds. The Morgan fingerprint density at radius 1 is 0.906 bits per heavy atom. The first-order valence-electron chi connectivity index (χ1n) is 9.94. The Labute approximate surface area is 190 Å². The lowest BCUT2D eigenvalue weighted by atomic mass is 10.1. The van der Waals surface area contributed by atoms with Gasteiger partial charge in [0.15, 0.2) is 17.3 Å². The van der Waals surface area contributed by atoms with Crippen LogP contribution < -0.4 is 14.8 Å². The summed E-state index contributed by atoms with van der Waals surface area (Å²) < 4.78 is 16.6. The smallest absolute Gasteiger partial charge is 0.257 e. The maximum atomic E-state index is 12.5. The Kier molecular flexibility index (Phi) is 6.77. The number of hydrogen-bond donors (Lipinski definition) is 1. The van der Waals surface area contributed by atoms with Crippen molar-refractivity contribution in [1.82, 2.24) is 4.98 Å². The van der Waals surface area contributed by atoms with E-state index >= 15 is 0 Å². The van der Waals surface area contributed by atoms with Crippen LogP contribution >= 0.6 is 11.8 Å². The second-order valence-electron chi connectivity index (χ2n) is 6.80. The van der Waals surface area contributed by atoms with Crippen molar-refractivity contribution in [3.8, 4) is 34.1 Å². The molecule has 4 aromatic rings. The van der Waals surface area contributed by atoms with Crippen LogP contribution in [0.2, 0.25) is 0 Å². The topological polar surface area (TPSA) is 73.6 Å². The van der Waals surface area contributed by atoms with Gasteiger partial charge in [0.25, 0.3) is 5.22 Å². The quantitative estimate of drug-likeness (QED) is 0.347. The molecule has 1 aromatic heterocycles. The van der Waals surface area contributed by atoms with E-state index < -0.39 is 0 Å². The van der Waals surface area contributed by atoms with Crippen LogP contribution in [0.4, 0.5) is 5.69 Å². The summed E-state index contributed by atoms with van der Waals surface area (Å²) in [5.74, 6) is 1.80. The van der Waals surface area contributed by atoms with Gasteiger partial charge in [-0.05, 0) is 12.1 Å². The van der Waals surface area contributed by atoms with E-state index in [-0.39, 0.29) is 11.7 Å². The number of nitrogens with zero attached hydrogens (tertiary/aromatic N) is 1. The third-order valence-electron chi connectivity index (χ3n) is 4.68. The van der Waals surface area contributed by atoms with Gasteiger partial charge in [0, 0.05) is 22.9 Å². The maximum absolute atomic E-state index is 12.5. The summed E-state index contributed by atoms with van der Waals surface area (Å²) in [4.78, 5) is 17.2. The average Bonchev–Trinajstić information content (AvgIpc) is 3.28. The van der Waals surface area contributed by atoms with E-state index in [1.807, 2.05) is 60.7 Å². The molecule has 0 unspecified atom stereocenters. The molecular weight excluding hydrogens is 424 g/mol. The standard InChI is InChI=1S/C25H22N2O4S/c1-29-20-14-13-19(15-21(20)30-2)26-22(28)16-32-25-27-23(17-9-5-3-6-10-17)24(31-25)18-11-7-4-8-12-18/h3-15H,16H2,1-2H3,(H,26,28). The zero-order valence-corrected chi connectivity index (χ0v) is 18.5. The number of ether oxygens (including phenoxy) is 2. The Morgan fingerprint density at radius 2 is 1.56 bits per heavy atom. The van der Waals surface area contributed by atoms with Gasteiger partial charge in [-0.2, -0.15) is 0 Å². The molecule has 1 N–H and O–H groups in total. The van der Waals surface area contributed by atoms with Gasteiger partial charge >= 0.3 is 0 Å². The van der Waals surface area contributed by atoms with Crippen LogP contribution in [0.15, 0.2) is 88.5 Å². The SMILES string of the molecule is COc1ccc(NC(=O)CSc2nc(-c3ccccc3)c(-c3ccccc3)o2)cc1OC. The normalized spacial score (nSPS) is 10.6. The van der Waals surface area contributed by atoms with Gasteiger partial charge in [0.1, 0.15) is 5.69 Å². The molecule has 0 aliphatic heterocycles. The van der Waals surface area contributed by atoms with Crippen LogP contribution in [0.1, 0.15) is 0 Å². The van der Waals surface area contributed by atoms with Gasteiger partial charge in [-0.3, -0.25) is 4.79 Å². The lowest BCUT2D eigenvalue weighted by Crippen LogP contribution is -2.14. The monoisotopic (exact) mass is 446 g/mol. The molecule has 0 bridgehead atoms. The van der Waals surface area contributed by atoms with E-state index in [1.165, 1.54) is 11.8 Å². The van der Waals surface area contributed by atoms with Crippen LogP contribution in [0.5, 0.6) is 11.5 Å². The van der Waals surface area contributed by atoms with Crippen molar-refractivity contribution in [2.24, 2.45) is 0 Å². The number of thioether (sulfide) groups is 1. The van der Waals surface area contributed by atoms with Crippen LogP contribution in [-0.4, -0.2) is 30.9 Å². The summed E-state index contributed by atoms with van der Waals surface area (Å²) in [6.07, 6.45) is 0. The molecule has 0 saturated carbocycles. The lowest BCUT2D eigenvalue weighted by molar-refractivity contribution is -0.113. The minimum atomic E-state index is -0.178. The van der Waals surface area contributed by atoms with E-state index in [1.54, 1.807) is 32.4 Å². The molecule has 32 heavy (non-hydrogen) atoms. The van der Waals surface area contributed by atoms with Crippen molar-refractivity contribution in [1.29, 1.82) is 0 Å². The molecule has 4 rings (SSSR count). The molecular formula is C25H22N2O4S. The minimum Gasteiger partial charge on any atom is -0.493 e. The molecule has 0 aliphatic carbocycles. The lowest BCUT2D eigenvalue weighted by Gasteiger charge is -2.10. The first kappa shape index (κ1) is 21.5. The number of hydrogen-bond acceptors (Lipinski definition) is 6. The van der Waals surface area contributed by atoms with Crippen LogP contribution in [0, 0.1) is 0 Å². The number of methoxy groups -OCH3 is 2. The molecule has 7 heteroatoms. The number of aromatic nitrogens is 1. The minimum absolute atomic E-state index is 0.150. The summed E-state index contributed by atoms with van der Waals surface area (Å²) in [7, 11) is 3.12. The summed E-state index contributed by atoms with van der Waals surface area (Å²) in [5.41, 5.74) is 3.26. The van der Waals surface area contributed by atoms with Crippen molar-refractivity contribution in [2.45, 2.75) is 5.22 Å². The summed E-state index contributed by atoms with van der Waals surface area (Å²) in [6, 6.07) is 24.9. The van der Waals surface area contributed by atoms with Crippen LogP contribution in [0.3, 0.4) is 0 Å². The predicted molar refractivity (Wildman–Crippen MR) is 126 cm³/mol. The number of amides is 1. The van der Waals surface area contributed by atoms with Gasteiger partial charge < -0.3 is 19.2 Å². The number of carbonyl (C=O) groups is 1. The molecule has 0 saturated heterocycles. The molecule has 0 atom stereocenters. The van der Waals surface area contributed by atoms with Crippen molar-refractivity contribution >= 4 is 23.4 Å². The van der Waals surface area contributed by atoms with Gasteiger partial charge in [-0.15, -0.1) is 0 Å². The fraction of sp³-hybridized carbons (Fsp3) is 0.120. The molecule has 0 spiro atoms. The largest absolute Gasteiger partial charge is 0.493 e. The Balaban J connectivity index is 1.50. The second-order valence-corrected chi connectivity index (χ2v) is 7.72. The predicted octanol–water partition coefficient (Wildman–Crippen LogP) is 5.76. The van der Waals surface area contributed by atoms with E-state index in [0.717, 1.165) is 16.8 Å². The van der Waals surface area contributed by atoms with E-state index in [4.69, 9.17) is 13.9 Å². The highest BCUT2D eigenvalue weighted by Gasteiger charge is 2.18. The second kappa shape index (κ2) is 10.1. The number of oxazole rings is 1. The number of anilines is 1. The number of nitrogens with one attached hydrogen (secondary N) is 1. The van der Waals surface area contributed by atoms with E-state index in [9.17, 15) is 4.79 Å². The highest BCUT2D eigenvalue weighted by molar-refractivity contribution is 7.99. The average molecular weight is 447 g/mol. The number of rotatable bonds is 8. The highest BCUT2D eigenvalue weighted by Crippen LogP contribution is 2.35. The molecule has 0 aliphatic rings. The van der Waals surface area contributed by atoms with E-state index in [0.29, 0.717) is 28.2 Å². The molecule has 6 nitrogen and oxygen atoms in total. The van der Waals surface area contributed by atoms with Crippen molar-refractivity contribution in [3.05, 3.63) is 78.9 Å². The molecule has 162 valence electrons. The molecule has 3 aromatic carbocycles. The number of carbonyl (C=O) groups excluding carboxylic acids is 1. The van der Waals surface area contributed by atoms with Gasteiger partial charge in [0.2, 0.25) is 5.91 Å². The number of benzene rings is 3. The maximum Gasteiger partial charge on any atom is 0.257 e. The molecule has 0 radical (unpaired) electrons. The van der Waals surface area contributed by atoms with Crippen molar-refractivity contribution in [2.75, 3.05) is 25.3 Å². The summed E-state index contributed by atoms with van der Waals surface area (Å²) >= 11 is 1.24. The zero-order chi connectivity index (χ0) is 22.3. The van der Waals surface area contributed by atoms with Crippen LogP contribution in [0.25, 0.3) is 22.6 Å². The third-order valence-corrected chi connectivity index (χ3v) is 5.51. The highest BCUT2D eigenvalue weighted by atomic mass is 32.2. The van der Waals surface area contributed by atoms with Crippen LogP contribution in [-0.2, 0) is 4.79 Å². The fourth-order valence-electron chi connectivity index (χ4n) is 3.18. The van der Waals surface area contributed by atoms with Crippen molar-refractivity contribution in [3.63, 3.8) is 0 Å². The third kappa shape index (κ3) is 4.95. The Hall–Kier alpha value is -3.71. The van der Waals surface area contributed by atoms with Crippen molar-refractivity contribution < 1.29 is 18.7 Å². The Bertz CT molecular complexity index is 1140. The molecule has 1 heterocycles. The fourth-order valence-corrected chi connectivity index (χ4v) is 3.80. The first-order chi connectivity index (χ1) is 15.7. The molecule has 0 fully saturated rings. The Morgan fingerprint density at radius 3 is 2.22 bits per heavy atom. The zero-order valence-electron chi connectivity index (χ0n) is 17.7. The van der Waals surface area contributed by atoms with Gasteiger partial charge in [0.05, 0.1) is 20.0 Å². The van der Waals surface area contributed by atoms with E-state index in [2.05, 4.69) is 10.3 Å². The first-order valence-corrected chi connectivity index (χ1v) is 10.9. The van der Waals surface area contributed by atoms with Gasteiger partial charge in [-0.1, -0.05) is 72.4 Å².